The van der Waals surface area contributed by atoms with Crippen LogP contribution in [0.15, 0.2) is 11.1 Å². The summed E-state index contributed by atoms with van der Waals surface area (Å²) >= 11 is 0. The van der Waals surface area contributed by atoms with Gasteiger partial charge in [-0.3, -0.25) is 4.79 Å². The first kappa shape index (κ1) is 13.2. The van der Waals surface area contributed by atoms with E-state index in [2.05, 4.69) is 0 Å². The molecule has 5 heteroatoms. The van der Waals surface area contributed by atoms with Gasteiger partial charge < -0.3 is 9.84 Å². The minimum Gasteiger partial charge on any atom is -0.481 e. The standard InChI is InChI=1S/C12H15NO4/c1-2-17-12(16)10(7-13)8-5-3-4-6-9(8)11(14)15/h9H,2-6H2,1H3,(H,14,15)/b10-8-. The predicted octanol–water partition coefficient (Wildman–Crippen LogP) is 1.64. The highest BCUT2D eigenvalue weighted by atomic mass is 16.5. The van der Waals surface area contributed by atoms with Gasteiger partial charge in [0.1, 0.15) is 11.6 Å². The molecule has 1 N–H and O–H groups in total. The van der Waals surface area contributed by atoms with Gasteiger partial charge >= 0.3 is 11.9 Å². The number of nitriles is 1. The van der Waals surface area contributed by atoms with Crippen molar-refractivity contribution in [1.29, 1.82) is 5.26 Å². The molecule has 0 aromatic carbocycles. The molecule has 1 rings (SSSR count). The third-order valence-electron chi connectivity index (χ3n) is 2.82. The van der Waals surface area contributed by atoms with Crippen molar-refractivity contribution < 1.29 is 19.4 Å². The lowest BCUT2D eigenvalue weighted by Crippen LogP contribution is -2.23. The molecule has 92 valence electrons. The number of carbonyl (C=O) groups excluding carboxylic acids is 1. The monoisotopic (exact) mass is 237 g/mol. The molecular formula is C12H15NO4. The van der Waals surface area contributed by atoms with Crippen molar-refractivity contribution in [2.24, 2.45) is 5.92 Å². The minimum absolute atomic E-state index is 0.126. The van der Waals surface area contributed by atoms with Crippen LogP contribution >= 0.6 is 0 Å². The maximum absolute atomic E-state index is 11.5. The fourth-order valence-electron chi connectivity index (χ4n) is 2.04. The molecule has 1 fully saturated rings. The van der Waals surface area contributed by atoms with Gasteiger partial charge in [-0.25, -0.2) is 4.79 Å². The summed E-state index contributed by atoms with van der Waals surface area (Å²) in [6.07, 6.45) is 2.58. The summed E-state index contributed by atoms with van der Waals surface area (Å²) in [5.41, 5.74) is 0.295. The number of hydrogen-bond acceptors (Lipinski definition) is 4. The number of carbonyl (C=O) groups is 2. The Hall–Kier alpha value is -1.83. The Morgan fingerprint density at radius 1 is 1.53 bits per heavy atom. The van der Waals surface area contributed by atoms with Crippen LogP contribution in [0.3, 0.4) is 0 Å². The number of ether oxygens (including phenoxy) is 1. The van der Waals surface area contributed by atoms with Gasteiger partial charge in [0.25, 0.3) is 0 Å². The number of nitrogens with zero attached hydrogens (tertiary/aromatic N) is 1. The summed E-state index contributed by atoms with van der Waals surface area (Å²) in [6, 6.07) is 1.78. The van der Waals surface area contributed by atoms with E-state index in [4.69, 9.17) is 15.1 Å². The lowest BCUT2D eigenvalue weighted by atomic mass is 9.81. The Morgan fingerprint density at radius 3 is 2.76 bits per heavy atom. The Labute approximate surface area is 99.7 Å². The summed E-state index contributed by atoms with van der Waals surface area (Å²) in [5, 5.41) is 18.0. The number of rotatable bonds is 3. The second-order valence-corrected chi connectivity index (χ2v) is 3.87. The van der Waals surface area contributed by atoms with E-state index in [0.29, 0.717) is 18.4 Å². The maximum atomic E-state index is 11.5. The fourth-order valence-corrected chi connectivity index (χ4v) is 2.04. The minimum atomic E-state index is -0.975. The molecule has 5 nitrogen and oxygen atoms in total. The molecular weight excluding hydrogens is 222 g/mol. The lowest BCUT2D eigenvalue weighted by molar-refractivity contribution is -0.141. The molecule has 0 aliphatic heterocycles. The van der Waals surface area contributed by atoms with E-state index in [1.54, 1.807) is 13.0 Å². The lowest BCUT2D eigenvalue weighted by Gasteiger charge is -2.22. The van der Waals surface area contributed by atoms with Crippen molar-refractivity contribution in [3.63, 3.8) is 0 Å². The Bertz CT molecular complexity index is 392. The largest absolute Gasteiger partial charge is 0.481 e. The van der Waals surface area contributed by atoms with Crippen LogP contribution in [0.1, 0.15) is 32.6 Å². The van der Waals surface area contributed by atoms with Crippen LogP contribution in [-0.4, -0.2) is 23.7 Å². The van der Waals surface area contributed by atoms with Crippen LogP contribution in [0.4, 0.5) is 0 Å². The SMILES string of the molecule is CCOC(=O)/C(C#N)=C1/CCCCC1C(=O)O. The maximum Gasteiger partial charge on any atom is 0.348 e. The number of carboxylic acid groups (broad SMARTS) is 1. The molecule has 1 aliphatic carbocycles. The average molecular weight is 237 g/mol. The molecule has 0 spiro atoms. The highest BCUT2D eigenvalue weighted by Gasteiger charge is 2.30. The number of esters is 1. The van der Waals surface area contributed by atoms with Gasteiger partial charge in [0.15, 0.2) is 0 Å². The molecule has 0 radical (unpaired) electrons. The molecule has 1 saturated carbocycles. The number of aliphatic carboxylic acids is 1. The van der Waals surface area contributed by atoms with Crippen LogP contribution < -0.4 is 0 Å². The van der Waals surface area contributed by atoms with Gasteiger partial charge in [-0.05, 0) is 31.8 Å². The number of carboxylic acids is 1. The van der Waals surface area contributed by atoms with E-state index in [-0.39, 0.29) is 12.2 Å². The number of hydrogen-bond donors (Lipinski definition) is 1. The second kappa shape index (κ2) is 6.04. The molecule has 1 atom stereocenters. The van der Waals surface area contributed by atoms with Crippen LogP contribution in [-0.2, 0) is 14.3 Å². The molecule has 0 heterocycles. The quantitative estimate of drug-likeness (QED) is 0.458. The first-order valence-corrected chi connectivity index (χ1v) is 5.64. The van der Waals surface area contributed by atoms with E-state index >= 15 is 0 Å². The van der Waals surface area contributed by atoms with E-state index in [1.807, 2.05) is 0 Å². The van der Waals surface area contributed by atoms with Crippen LogP contribution in [0.2, 0.25) is 0 Å². The van der Waals surface area contributed by atoms with Crippen LogP contribution in [0, 0.1) is 17.2 Å². The fraction of sp³-hybridized carbons (Fsp3) is 0.583. The van der Waals surface area contributed by atoms with Crippen molar-refractivity contribution in [2.45, 2.75) is 32.6 Å². The zero-order valence-corrected chi connectivity index (χ0v) is 9.73. The smallest absolute Gasteiger partial charge is 0.348 e. The molecule has 0 bridgehead atoms. The molecule has 1 aliphatic rings. The summed E-state index contributed by atoms with van der Waals surface area (Å²) in [7, 11) is 0. The highest BCUT2D eigenvalue weighted by molar-refractivity contribution is 5.95. The topological polar surface area (TPSA) is 87.4 Å². The molecule has 0 amide bonds. The van der Waals surface area contributed by atoms with Crippen LogP contribution in [0.5, 0.6) is 0 Å². The van der Waals surface area contributed by atoms with Gasteiger partial charge in [0.2, 0.25) is 0 Å². The van der Waals surface area contributed by atoms with E-state index in [1.165, 1.54) is 0 Å². The summed E-state index contributed by atoms with van der Waals surface area (Å²) in [4.78, 5) is 22.6. The van der Waals surface area contributed by atoms with Crippen LogP contribution in [0.25, 0.3) is 0 Å². The van der Waals surface area contributed by atoms with Gasteiger partial charge in [0.05, 0.1) is 12.5 Å². The van der Waals surface area contributed by atoms with Crippen molar-refractivity contribution in [2.75, 3.05) is 6.61 Å². The predicted molar refractivity (Wildman–Crippen MR) is 58.9 cm³/mol. The third kappa shape index (κ3) is 3.06. The normalized spacial score (nSPS) is 22.5. The van der Waals surface area contributed by atoms with Gasteiger partial charge in [-0.1, -0.05) is 6.42 Å². The zero-order chi connectivity index (χ0) is 12.8. The Morgan fingerprint density at radius 2 is 2.24 bits per heavy atom. The highest BCUT2D eigenvalue weighted by Crippen LogP contribution is 2.32. The molecule has 17 heavy (non-hydrogen) atoms. The van der Waals surface area contributed by atoms with Crippen molar-refractivity contribution >= 4 is 11.9 Å². The molecule has 0 aromatic rings. The van der Waals surface area contributed by atoms with Gasteiger partial charge in [-0.15, -0.1) is 0 Å². The van der Waals surface area contributed by atoms with Crippen molar-refractivity contribution in [1.82, 2.24) is 0 Å². The average Bonchev–Trinajstić information content (AvgIpc) is 2.31. The molecule has 0 saturated heterocycles. The van der Waals surface area contributed by atoms with E-state index in [0.717, 1.165) is 12.8 Å². The molecule has 1 unspecified atom stereocenters. The third-order valence-corrected chi connectivity index (χ3v) is 2.82. The zero-order valence-electron chi connectivity index (χ0n) is 9.73. The summed E-state index contributed by atoms with van der Waals surface area (Å²) < 4.78 is 4.76. The Balaban J connectivity index is 3.07. The van der Waals surface area contributed by atoms with Gasteiger partial charge in [-0.2, -0.15) is 5.26 Å². The van der Waals surface area contributed by atoms with Gasteiger partial charge in [0, 0.05) is 0 Å². The summed E-state index contributed by atoms with van der Waals surface area (Å²) in [5.74, 6) is -2.40. The molecule has 0 aromatic heterocycles. The Kier molecular flexibility index (Phi) is 4.70. The van der Waals surface area contributed by atoms with E-state index in [9.17, 15) is 9.59 Å². The first-order valence-electron chi connectivity index (χ1n) is 5.64. The van der Waals surface area contributed by atoms with E-state index < -0.39 is 17.9 Å². The van der Waals surface area contributed by atoms with Crippen molar-refractivity contribution in [3.05, 3.63) is 11.1 Å². The second-order valence-electron chi connectivity index (χ2n) is 3.87. The first-order chi connectivity index (χ1) is 8.11. The van der Waals surface area contributed by atoms with Crippen molar-refractivity contribution in [3.8, 4) is 6.07 Å². The summed E-state index contributed by atoms with van der Waals surface area (Å²) in [6.45, 7) is 1.82.